The second-order valence-electron chi connectivity index (χ2n) is 12.4. The second-order valence-corrected chi connectivity index (χ2v) is 12.4. The maximum atomic E-state index is 13.2. The maximum absolute atomic E-state index is 13.2. The van der Waals surface area contributed by atoms with Gasteiger partial charge in [0.15, 0.2) is 0 Å². The Bertz CT molecular complexity index is 1500. The van der Waals surface area contributed by atoms with E-state index in [2.05, 4.69) is 50.4 Å². The number of aromatic nitrogens is 1. The number of rotatable bonds is 11. The Labute approximate surface area is 242 Å². The number of hydrogen-bond acceptors (Lipinski definition) is 4. The van der Waals surface area contributed by atoms with Crippen LogP contribution in [0.1, 0.15) is 74.8 Å². The number of carbonyl (C=O) groups excluding carboxylic acids is 1. The van der Waals surface area contributed by atoms with Crippen LogP contribution >= 0.6 is 0 Å². The number of benzene rings is 3. The van der Waals surface area contributed by atoms with Gasteiger partial charge in [0.2, 0.25) is 0 Å². The van der Waals surface area contributed by atoms with Crippen LogP contribution in [0, 0.1) is 5.41 Å². The summed E-state index contributed by atoms with van der Waals surface area (Å²) in [6.45, 7) is 10.8. The number of carboxylic acids is 1. The summed E-state index contributed by atoms with van der Waals surface area (Å²) in [6.07, 6.45) is 1.98. The Hall–Kier alpha value is -4.19. The van der Waals surface area contributed by atoms with Crippen molar-refractivity contribution in [3.8, 4) is 11.5 Å². The number of carboxylic acid groups (broad SMARTS) is 1. The van der Waals surface area contributed by atoms with E-state index in [0.717, 1.165) is 28.6 Å². The zero-order chi connectivity index (χ0) is 29.6. The molecule has 1 aromatic heterocycles. The smallest absolute Gasteiger partial charge is 0.303 e. The van der Waals surface area contributed by atoms with Crippen LogP contribution in [0.15, 0.2) is 78.9 Å². The van der Waals surface area contributed by atoms with Gasteiger partial charge in [0.25, 0.3) is 5.91 Å². The van der Waals surface area contributed by atoms with Crippen LogP contribution < -0.4 is 10.1 Å². The van der Waals surface area contributed by atoms with E-state index in [0.29, 0.717) is 30.8 Å². The molecule has 0 saturated carbocycles. The molecule has 4 aromatic rings. The molecule has 0 unspecified atom stereocenters. The number of aliphatic carboxylic acids is 1. The van der Waals surface area contributed by atoms with Crippen molar-refractivity contribution in [3.63, 3.8) is 0 Å². The van der Waals surface area contributed by atoms with Gasteiger partial charge >= 0.3 is 5.97 Å². The van der Waals surface area contributed by atoms with Gasteiger partial charge in [-0.3, -0.25) is 9.59 Å². The van der Waals surface area contributed by atoms with Gasteiger partial charge in [0.05, 0.1) is 0 Å². The van der Waals surface area contributed by atoms with Crippen LogP contribution in [-0.2, 0) is 23.1 Å². The summed E-state index contributed by atoms with van der Waals surface area (Å²) >= 11 is 0. The first-order valence-electron chi connectivity index (χ1n) is 14.2. The molecule has 0 spiro atoms. The molecule has 1 heterocycles. The predicted octanol–water partition coefficient (Wildman–Crippen LogP) is 7.73. The Balaban J connectivity index is 1.60. The number of carbonyl (C=O) groups is 2. The molecule has 0 aliphatic heterocycles. The molecular weight excluding hydrogens is 512 g/mol. The summed E-state index contributed by atoms with van der Waals surface area (Å²) in [5.74, 6) is 0.364. The van der Waals surface area contributed by atoms with Gasteiger partial charge in [-0.15, -0.1) is 0 Å². The number of hydrogen-bond donors (Lipinski definition) is 2. The van der Waals surface area contributed by atoms with Crippen LogP contribution in [0.3, 0.4) is 0 Å². The van der Waals surface area contributed by atoms with Crippen LogP contribution in [0.4, 0.5) is 0 Å². The molecule has 4 rings (SSSR count). The Morgan fingerprint density at radius 1 is 0.854 bits per heavy atom. The highest BCUT2D eigenvalue weighted by Crippen LogP contribution is 2.30. The second kappa shape index (κ2) is 12.5. The maximum Gasteiger partial charge on any atom is 0.303 e. The number of aryl methyl sites for hydroxylation is 2. The lowest BCUT2D eigenvalue weighted by Gasteiger charge is -2.24. The summed E-state index contributed by atoms with van der Waals surface area (Å²) in [6, 6.07) is 26.1. The molecule has 0 radical (unpaired) electrons. The summed E-state index contributed by atoms with van der Waals surface area (Å²) in [5.41, 5.74) is 3.34. The van der Waals surface area contributed by atoms with Crippen LogP contribution in [0.2, 0.25) is 0 Å². The van der Waals surface area contributed by atoms with E-state index in [4.69, 9.17) is 14.8 Å². The van der Waals surface area contributed by atoms with Gasteiger partial charge < -0.3 is 15.2 Å². The van der Waals surface area contributed by atoms with Crippen molar-refractivity contribution in [2.45, 2.75) is 65.7 Å². The third kappa shape index (κ3) is 8.40. The highest BCUT2D eigenvalue weighted by Gasteiger charge is 2.22. The van der Waals surface area contributed by atoms with Gasteiger partial charge in [-0.1, -0.05) is 83.1 Å². The summed E-state index contributed by atoms with van der Waals surface area (Å²) in [5, 5.41) is 13.9. The minimum absolute atomic E-state index is 0.0614. The first-order valence-corrected chi connectivity index (χ1v) is 14.2. The van der Waals surface area contributed by atoms with Crippen LogP contribution in [0.25, 0.3) is 10.8 Å². The van der Waals surface area contributed by atoms with E-state index in [9.17, 15) is 9.59 Å². The van der Waals surface area contributed by atoms with E-state index < -0.39 is 5.97 Å². The molecule has 0 saturated heterocycles. The number of fused-ring (bicyclic) bond motifs is 1. The van der Waals surface area contributed by atoms with Crippen molar-refractivity contribution in [2.24, 2.45) is 5.41 Å². The lowest BCUT2D eigenvalue weighted by Crippen LogP contribution is -2.34. The van der Waals surface area contributed by atoms with Crippen LogP contribution in [0.5, 0.6) is 11.5 Å². The Morgan fingerprint density at radius 3 is 2.20 bits per heavy atom. The van der Waals surface area contributed by atoms with Crippen LogP contribution in [-0.4, -0.2) is 28.5 Å². The number of pyridine rings is 1. The Kier molecular flexibility index (Phi) is 9.11. The minimum atomic E-state index is -0.839. The third-order valence-electron chi connectivity index (χ3n) is 7.31. The molecule has 0 aliphatic rings. The summed E-state index contributed by atoms with van der Waals surface area (Å²) in [4.78, 5) is 29.0. The molecule has 6 nitrogen and oxygen atoms in total. The molecular formula is C35H40N2O4. The first kappa shape index (κ1) is 29.8. The third-order valence-corrected chi connectivity index (χ3v) is 7.31. The summed E-state index contributed by atoms with van der Waals surface area (Å²) in [7, 11) is 0. The van der Waals surface area contributed by atoms with E-state index >= 15 is 0 Å². The summed E-state index contributed by atoms with van der Waals surface area (Å²) < 4.78 is 6.22. The average molecular weight is 553 g/mol. The van der Waals surface area contributed by atoms with E-state index in [1.807, 2.05) is 68.4 Å². The topological polar surface area (TPSA) is 88.5 Å². The molecule has 2 N–H and O–H groups in total. The van der Waals surface area contributed by atoms with Crippen molar-refractivity contribution in [1.82, 2.24) is 10.3 Å². The number of nitrogens with one attached hydrogen (secondary N) is 1. The lowest BCUT2D eigenvalue weighted by molar-refractivity contribution is -0.137. The van der Waals surface area contributed by atoms with Gasteiger partial charge in [-0.05, 0) is 76.9 Å². The van der Waals surface area contributed by atoms with Crippen molar-refractivity contribution < 1.29 is 19.4 Å². The number of amides is 1. The fourth-order valence-corrected chi connectivity index (χ4v) is 4.68. The molecule has 6 heteroatoms. The van der Waals surface area contributed by atoms with Crippen molar-refractivity contribution in [2.75, 3.05) is 6.54 Å². The zero-order valence-corrected chi connectivity index (χ0v) is 24.7. The molecule has 0 fully saturated rings. The normalized spacial score (nSPS) is 11.8. The molecule has 214 valence electrons. The molecule has 0 atom stereocenters. The number of nitrogens with zero attached hydrogens (tertiary/aromatic N) is 1. The molecule has 41 heavy (non-hydrogen) atoms. The standard InChI is InChI=1S/C35H40N2O4/c1-34(2,3)26-13-16-27(17-14-26)41-28-15-12-25-21-31(33(40)36-23-35(4,5)20-19-32(38)39)37-30(29(25)22-28)18-11-24-9-7-6-8-10-24/h6-10,12-17,21-22H,11,18-20,23H2,1-5H3,(H,36,40)(H,38,39). The molecule has 1 amide bonds. The van der Waals surface area contributed by atoms with E-state index in [1.165, 1.54) is 11.1 Å². The molecule has 0 aliphatic carbocycles. The fraction of sp³-hybridized carbons (Fsp3) is 0.343. The van der Waals surface area contributed by atoms with Crippen molar-refractivity contribution in [3.05, 3.63) is 101 Å². The van der Waals surface area contributed by atoms with Crippen molar-refractivity contribution in [1.29, 1.82) is 0 Å². The highest BCUT2D eigenvalue weighted by molar-refractivity contribution is 5.97. The minimum Gasteiger partial charge on any atom is -0.481 e. The zero-order valence-electron chi connectivity index (χ0n) is 24.7. The first-order chi connectivity index (χ1) is 19.4. The van der Waals surface area contributed by atoms with Gasteiger partial charge in [-0.2, -0.15) is 0 Å². The van der Waals surface area contributed by atoms with E-state index in [1.54, 1.807) is 0 Å². The number of ether oxygens (including phenoxy) is 1. The average Bonchev–Trinajstić information content (AvgIpc) is 2.94. The quantitative estimate of drug-likeness (QED) is 0.199. The Morgan fingerprint density at radius 2 is 1.54 bits per heavy atom. The van der Waals surface area contributed by atoms with Crippen molar-refractivity contribution >= 4 is 22.6 Å². The van der Waals surface area contributed by atoms with Gasteiger partial charge in [0, 0.05) is 24.0 Å². The SMILES string of the molecule is CC(C)(CCC(=O)O)CNC(=O)c1cc2ccc(Oc3ccc(C(C)(C)C)cc3)cc2c(CCc2ccccc2)n1. The monoisotopic (exact) mass is 552 g/mol. The highest BCUT2D eigenvalue weighted by atomic mass is 16.5. The largest absolute Gasteiger partial charge is 0.481 e. The lowest BCUT2D eigenvalue weighted by atomic mass is 9.87. The van der Waals surface area contributed by atoms with Gasteiger partial charge in [0.1, 0.15) is 17.2 Å². The molecule has 0 bridgehead atoms. The van der Waals surface area contributed by atoms with Gasteiger partial charge in [-0.25, -0.2) is 4.98 Å². The fourth-order valence-electron chi connectivity index (χ4n) is 4.68. The van der Waals surface area contributed by atoms with E-state index in [-0.39, 0.29) is 23.2 Å². The predicted molar refractivity (Wildman–Crippen MR) is 164 cm³/mol. The molecule has 3 aromatic carbocycles.